The highest BCUT2D eigenvalue weighted by molar-refractivity contribution is 5.79. The van der Waals surface area contributed by atoms with Crippen molar-refractivity contribution in [2.45, 2.75) is 32.2 Å². The number of hydrogen-bond acceptors (Lipinski definition) is 4. The molecule has 1 fully saturated rings. The first-order valence-electron chi connectivity index (χ1n) is 9.28. The van der Waals surface area contributed by atoms with Crippen LogP contribution in [0.2, 0.25) is 0 Å². The van der Waals surface area contributed by atoms with Crippen LogP contribution < -0.4 is 5.32 Å². The molecule has 1 aromatic carbocycles. The lowest BCUT2D eigenvalue weighted by Crippen LogP contribution is -2.37. The summed E-state index contributed by atoms with van der Waals surface area (Å²) in [4.78, 5) is 27.5. The summed E-state index contributed by atoms with van der Waals surface area (Å²) in [6, 6.07) is 9.94. The molecule has 3 rings (SSSR count). The van der Waals surface area contributed by atoms with E-state index >= 15 is 0 Å². The van der Waals surface area contributed by atoms with E-state index in [0.717, 1.165) is 42.7 Å². The zero-order valence-corrected chi connectivity index (χ0v) is 15.5. The highest BCUT2D eigenvalue weighted by Crippen LogP contribution is 2.26. The lowest BCUT2D eigenvalue weighted by Gasteiger charge is -2.22. The van der Waals surface area contributed by atoms with E-state index in [1.54, 1.807) is 0 Å². The summed E-state index contributed by atoms with van der Waals surface area (Å²) in [6.45, 7) is 4.51. The molecular formula is C20H27N3O3. The van der Waals surface area contributed by atoms with Crippen molar-refractivity contribution in [3.8, 4) is 0 Å². The maximum atomic E-state index is 12.2. The SMILES string of the molecule is CC(c1cc2ccccc2o1)N(C)CC(=O)NCCCN1CCCC1=O. The van der Waals surface area contributed by atoms with Gasteiger partial charge >= 0.3 is 0 Å². The Morgan fingerprint density at radius 2 is 2.19 bits per heavy atom. The third kappa shape index (κ3) is 4.43. The van der Waals surface area contributed by atoms with Crippen molar-refractivity contribution in [2.24, 2.45) is 0 Å². The van der Waals surface area contributed by atoms with Gasteiger partial charge in [0, 0.05) is 31.4 Å². The number of fused-ring (bicyclic) bond motifs is 1. The minimum absolute atomic E-state index is 0.00960. The Kier molecular flexibility index (Phi) is 5.93. The molecule has 0 aliphatic carbocycles. The number of carbonyl (C=O) groups excluding carboxylic acids is 2. The zero-order chi connectivity index (χ0) is 18.5. The average Bonchev–Trinajstić information content (AvgIpc) is 3.24. The summed E-state index contributed by atoms with van der Waals surface area (Å²) < 4.78 is 5.89. The maximum Gasteiger partial charge on any atom is 0.234 e. The number of likely N-dealkylation sites (N-methyl/N-ethyl adjacent to an activating group) is 1. The van der Waals surface area contributed by atoms with E-state index in [1.807, 2.05) is 54.1 Å². The molecular weight excluding hydrogens is 330 g/mol. The molecule has 1 aliphatic rings. The van der Waals surface area contributed by atoms with Gasteiger partial charge < -0.3 is 14.6 Å². The van der Waals surface area contributed by atoms with E-state index in [9.17, 15) is 9.59 Å². The molecule has 6 nitrogen and oxygen atoms in total. The average molecular weight is 357 g/mol. The van der Waals surface area contributed by atoms with Crippen LogP contribution in [0.25, 0.3) is 11.0 Å². The van der Waals surface area contributed by atoms with Gasteiger partial charge in [-0.2, -0.15) is 0 Å². The second kappa shape index (κ2) is 8.36. The summed E-state index contributed by atoms with van der Waals surface area (Å²) >= 11 is 0. The molecule has 6 heteroatoms. The van der Waals surface area contributed by atoms with E-state index in [1.165, 1.54) is 0 Å². The fourth-order valence-electron chi connectivity index (χ4n) is 3.28. The van der Waals surface area contributed by atoms with Crippen LogP contribution in [0.15, 0.2) is 34.7 Å². The molecule has 0 radical (unpaired) electrons. The van der Waals surface area contributed by atoms with Crippen LogP contribution in [0.1, 0.15) is 38.0 Å². The van der Waals surface area contributed by atoms with Gasteiger partial charge in [0.1, 0.15) is 11.3 Å². The highest BCUT2D eigenvalue weighted by Gasteiger charge is 2.20. The highest BCUT2D eigenvalue weighted by atomic mass is 16.3. The minimum atomic E-state index is -0.0109. The Hall–Kier alpha value is -2.34. The lowest BCUT2D eigenvalue weighted by atomic mass is 10.2. The molecule has 26 heavy (non-hydrogen) atoms. The molecule has 2 amide bonds. The van der Waals surface area contributed by atoms with E-state index in [2.05, 4.69) is 5.32 Å². The molecule has 1 atom stereocenters. The summed E-state index contributed by atoms with van der Waals surface area (Å²) in [5.74, 6) is 1.08. The van der Waals surface area contributed by atoms with Crippen molar-refractivity contribution in [3.05, 3.63) is 36.1 Å². The molecule has 140 valence electrons. The van der Waals surface area contributed by atoms with Crippen LogP contribution in [0, 0.1) is 0 Å². The minimum Gasteiger partial charge on any atom is -0.459 e. The molecule has 1 aromatic heterocycles. The number of furan rings is 1. The smallest absolute Gasteiger partial charge is 0.234 e. The van der Waals surface area contributed by atoms with Crippen molar-refractivity contribution in [1.29, 1.82) is 0 Å². The van der Waals surface area contributed by atoms with E-state index in [4.69, 9.17) is 4.42 Å². The first kappa shape index (κ1) is 18.5. The molecule has 1 saturated heterocycles. The third-order valence-corrected chi connectivity index (χ3v) is 5.01. The normalized spacial score (nSPS) is 15.8. The number of amides is 2. The van der Waals surface area contributed by atoms with Gasteiger partial charge in [0.2, 0.25) is 11.8 Å². The van der Waals surface area contributed by atoms with Gasteiger partial charge in [0.25, 0.3) is 0 Å². The van der Waals surface area contributed by atoms with Crippen LogP contribution in [0.4, 0.5) is 0 Å². The van der Waals surface area contributed by atoms with Gasteiger partial charge in [-0.3, -0.25) is 14.5 Å². The van der Waals surface area contributed by atoms with E-state index in [-0.39, 0.29) is 17.9 Å². The van der Waals surface area contributed by atoms with Crippen molar-refractivity contribution >= 4 is 22.8 Å². The fraction of sp³-hybridized carbons (Fsp3) is 0.500. The molecule has 2 aromatic rings. The van der Waals surface area contributed by atoms with Crippen LogP contribution in [-0.4, -0.2) is 54.8 Å². The molecule has 1 aliphatic heterocycles. The van der Waals surface area contributed by atoms with Gasteiger partial charge in [0.05, 0.1) is 12.6 Å². The van der Waals surface area contributed by atoms with Gasteiger partial charge in [-0.05, 0) is 38.9 Å². The summed E-state index contributed by atoms with van der Waals surface area (Å²) in [5.41, 5.74) is 0.865. The van der Waals surface area contributed by atoms with Crippen molar-refractivity contribution in [2.75, 3.05) is 33.2 Å². The van der Waals surface area contributed by atoms with Crippen molar-refractivity contribution in [1.82, 2.24) is 15.1 Å². The monoisotopic (exact) mass is 357 g/mol. The number of benzene rings is 1. The van der Waals surface area contributed by atoms with Gasteiger partial charge in [0.15, 0.2) is 0 Å². The fourth-order valence-corrected chi connectivity index (χ4v) is 3.28. The number of hydrogen-bond donors (Lipinski definition) is 1. The van der Waals surface area contributed by atoms with Gasteiger partial charge in [-0.1, -0.05) is 18.2 Å². The Bertz CT molecular complexity index is 738. The number of likely N-dealkylation sites (tertiary alicyclic amines) is 1. The topological polar surface area (TPSA) is 65.8 Å². The van der Waals surface area contributed by atoms with E-state index < -0.39 is 0 Å². The summed E-state index contributed by atoms with van der Waals surface area (Å²) in [5, 5.41) is 4.01. The number of nitrogens with one attached hydrogen (secondary N) is 1. The molecule has 0 bridgehead atoms. The summed E-state index contributed by atoms with van der Waals surface area (Å²) in [6.07, 6.45) is 2.41. The first-order valence-corrected chi connectivity index (χ1v) is 9.28. The van der Waals surface area contributed by atoms with Crippen LogP contribution >= 0.6 is 0 Å². The molecule has 1 unspecified atom stereocenters. The predicted octanol–water partition coefficient (Wildman–Crippen LogP) is 2.55. The van der Waals surface area contributed by atoms with Crippen molar-refractivity contribution in [3.63, 3.8) is 0 Å². The number of rotatable bonds is 8. The van der Waals surface area contributed by atoms with Gasteiger partial charge in [-0.15, -0.1) is 0 Å². The third-order valence-electron chi connectivity index (χ3n) is 5.01. The molecule has 0 saturated carbocycles. The second-order valence-electron chi connectivity index (χ2n) is 6.97. The standard InChI is InChI=1S/C20H27N3O3/c1-15(18-13-16-7-3-4-8-17(16)26-18)22(2)14-19(24)21-10-6-12-23-11-5-9-20(23)25/h3-4,7-8,13,15H,5-6,9-12,14H2,1-2H3,(H,21,24). The predicted molar refractivity (Wildman–Crippen MR) is 101 cm³/mol. The molecule has 1 N–H and O–H groups in total. The second-order valence-corrected chi connectivity index (χ2v) is 6.97. The zero-order valence-electron chi connectivity index (χ0n) is 15.5. The van der Waals surface area contributed by atoms with Gasteiger partial charge in [-0.25, -0.2) is 0 Å². The lowest BCUT2D eigenvalue weighted by molar-refractivity contribution is -0.127. The van der Waals surface area contributed by atoms with Crippen LogP contribution in [-0.2, 0) is 9.59 Å². The van der Waals surface area contributed by atoms with Crippen molar-refractivity contribution < 1.29 is 14.0 Å². The first-order chi connectivity index (χ1) is 12.5. The molecule has 2 heterocycles. The Balaban J connectivity index is 1.42. The maximum absolute atomic E-state index is 12.2. The number of nitrogens with zero attached hydrogens (tertiary/aromatic N) is 2. The number of carbonyl (C=O) groups is 2. The Morgan fingerprint density at radius 1 is 1.38 bits per heavy atom. The van der Waals surface area contributed by atoms with E-state index in [0.29, 0.717) is 19.5 Å². The number of para-hydroxylation sites is 1. The quantitative estimate of drug-likeness (QED) is 0.738. The van der Waals surface area contributed by atoms with Crippen LogP contribution in [0.5, 0.6) is 0 Å². The largest absolute Gasteiger partial charge is 0.459 e. The van der Waals surface area contributed by atoms with Crippen LogP contribution in [0.3, 0.4) is 0 Å². The summed E-state index contributed by atoms with van der Waals surface area (Å²) in [7, 11) is 1.92. The molecule has 0 spiro atoms. The Morgan fingerprint density at radius 3 is 2.92 bits per heavy atom. The Labute approximate surface area is 154 Å².